The van der Waals surface area contributed by atoms with Crippen LogP contribution in [-0.4, -0.2) is 46.2 Å². The second-order valence-corrected chi connectivity index (χ2v) is 2.90. The van der Waals surface area contributed by atoms with Crippen molar-refractivity contribution in [3.63, 3.8) is 0 Å². The minimum atomic E-state index is -1.82. The van der Waals surface area contributed by atoms with Gasteiger partial charge in [-0.1, -0.05) is 0 Å². The first-order chi connectivity index (χ1) is 5.61. The fourth-order valence-corrected chi connectivity index (χ4v) is 1.30. The molecule has 0 radical (unpaired) electrons. The van der Waals surface area contributed by atoms with Crippen LogP contribution in [-0.2, 0) is 9.59 Å². The van der Waals surface area contributed by atoms with Crippen molar-refractivity contribution in [2.75, 3.05) is 13.1 Å². The fraction of sp³-hybridized carbons (Fsp3) is 0.714. The first-order valence-corrected chi connectivity index (χ1v) is 3.81. The molecular formula is C7H11NO4. The van der Waals surface area contributed by atoms with Gasteiger partial charge in [0.15, 0.2) is 0 Å². The van der Waals surface area contributed by atoms with E-state index in [1.54, 1.807) is 0 Å². The van der Waals surface area contributed by atoms with Gasteiger partial charge in [-0.3, -0.25) is 4.90 Å². The molecule has 0 aromatic rings. The molecule has 2 N–H and O–H groups in total. The lowest BCUT2D eigenvalue weighted by molar-refractivity contribution is -0.159. The number of piperidine rings is 1. The maximum absolute atomic E-state index is 9.10. The molecule has 2 saturated heterocycles. The summed E-state index contributed by atoms with van der Waals surface area (Å²) in [6.45, 7) is 2.81. The van der Waals surface area contributed by atoms with Crippen molar-refractivity contribution in [1.82, 2.24) is 4.90 Å². The predicted molar refractivity (Wildman–Crippen MR) is 39.9 cm³/mol. The van der Waals surface area contributed by atoms with Crippen LogP contribution in [0, 0.1) is 0 Å². The van der Waals surface area contributed by atoms with Crippen LogP contribution in [0.5, 0.6) is 0 Å². The number of hydrogen-bond donors (Lipinski definition) is 2. The van der Waals surface area contributed by atoms with Crippen LogP contribution in [0.1, 0.15) is 12.8 Å². The van der Waals surface area contributed by atoms with Gasteiger partial charge in [-0.25, -0.2) is 9.59 Å². The molecule has 0 spiro atoms. The van der Waals surface area contributed by atoms with Crippen LogP contribution in [0.3, 0.4) is 0 Å². The standard InChI is InChI=1S/C5H9N.C2H2O4/c1-2-5-4-6(5)3-1;3-1(4)2(5)6/h5H,1-4H2;(H,3,4)(H,5,6). The zero-order valence-electron chi connectivity index (χ0n) is 6.56. The van der Waals surface area contributed by atoms with E-state index >= 15 is 0 Å². The Kier molecular flexibility index (Phi) is 2.65. The molecule has 0 amide bonds. The summed E-state index contributed by atoms with van der Waals surface area (Å²) in [7, 11) is 0. The molecule has 0 bridgehead atoms. The van der Waals surface area contributed by atoms with Crippen molar-refractivity contribution in [2.24, 2.45) is 0 Å². The van der Waals surface area contributed by atoms with Crippen molar-refractivity contribution in [1.29, 1.82) is 0 Å². The second-order valence-electron chi connectivity index (χ2n) is 2.90. The van der Waals surface area contributed by atoms with E-state index in [0.717, 1.165) is 6.04 Å². The van der Waals surface area contributed by atoms with E-state index in [9.17, 15) is 0 Å². The number of hydrogen-bond acceptors (Lipinski definition) is 3. The summed E-state index contributed by atoms with van der Waals surface area (Å²) in [5, 5.41) is 14.8. The number of carboxylic acid groups (broad SMARTS) is 2. The van der Waals surface area contributed by atoms with Crippen molar-refractivity contribution in [2.45, 2.75) is 18.9 Å². The molecular weight excluding hydrogens is 162 g/mol. The third-order valence-electron chi connectivity index (χ3n) is 1.99. The summed E-state index contributed by atoms with van der Waals surface area (Å²) < 4.78 is 0. The normalized spacial score (nSPS) is 29.7. The van der Waals surface area contributed by atoms with Gasteiger partial charge >= 0.3 is 11.9 Å². The van der Waals surface area contributed by atoms with Gasteiger partial charge in [0.25, 0.3) is 0 Å². The maximum atomic E-state index is 9.10. The first kappa shape index (κ1) is 8.99. The average molecular weight is 173 g/mol. The number of fused-ring (bicyclic) bond motifs is 1. The highest BCUT2D eigenvalue weighted by Gasteiger charge is 2.37. The summed E-state index contributed by atoms with van der Waals surface area (Å²) in [4.78, 5) is 20.7. The van der Waals surface area contributed by atoms with Gasteiger partial charge in [0.05, 0.1) is 0 Å². The van der Waals surface area contributed by atoms with Crippen LogP contribution < -0.4 is 0 Å². The SMILES string of the molecule is C1CC2CN2C1.O=C(O)C(=O)O. The van der Waals surface area contributed by atoms with Crippen LogP contribution in [0.4, 0.5) is 0 Å². The van der Waals surface area contributed by atoms with Crippen LogP contribution >= 0.6 is 0 Å². The Morgan fingerprint density at radius 1 is 1.25 bits per heavy atom. The highest BCUT2D eigenvalue weighted by atomic mass is 16.4. The molecule has 0 aromatic carbocycles. The predicted octanol–water partition coefficient (Wildman–Crippen LogP) is -0.380. The lowest BCUT2D eigenvalue weighted by Gasteiger charge is -1.83. The fourth-order valence-electron chi connectivity index (χ4n) is 1.30. The third kappa shape index (κ3) is 2.50. The van der Waals surface area contributed by atoms with Crippen molar-refractivity contribution < 1.29 is 19.8 Å². The van der Waals surface area contributed by atoms with E-state index in [2.05, 4.69) is 4.90 Å². The first-order valence-electron chi connectivity index (χ1n) is 3.81. The molecule has 2 aliphatic heterocycles. The second kappa shape index (κ2) is 3.53. The largest absolute Gasteiger partial charge is 0.473 e. The smallest absolute Gasteiger partial charge is 0.414 e. The van der Waals surface area contributed by atoms with Gasteiger partial charge in [0.2, 0.25) is 0 Å². The van der Waals surface area contributed by atoms with Crippen LogP contribution in [0.2, 0.25) is 0 Å². The topological polar surface area (TPSA) is 77.6 Å². The van der Waals surface area contributed by atoms with E-state index in [1.165, 1.54) is 25.9 Å². The molecule has 2 fully saturated rings. The van der Waals surface area contributed by atoms with Crippen molar-refractivity contribution in [3.05, 3.63) is 0 Å². The highest BCUT2D eigenvalue weighted by molar-refractivity contribution is 6.27. The molecule has 2 atom stereocenters. The Hall–Kier alpha value is -1.10. The lowest BCUT2D eigenvalue weighted by atomic mass is 10.3. The van der Waals surface area contributed by atoms with Gasteiger partial charge in [-0.15, -0.1) is 0 Å². The summed E-state index contributed by atoms with van der Waals surface area (Å²) in [6, 6.07) is 1.05. The molecule has 12 heavy (non-hydrogen) atoms. The molecule has 2 aliphatic rings. The molecule has 2 unspecified atom stereocenters. The summed E-state index contributed by atoms with van der Waals surface area (Å²) in [6.07, 6.45) is 2.95. The Bertz CT molecular complexity index is 184. The van der Waals surface area contributed by atoms with E-state index in [1.807, 2.05) is 0 Å². The molecule has 5 heteroatoms. The molecule has 5 nitrogen and oxygen atoms in total. The van der Waals surface area contributed by atoms with E-state index in [0.29, 0.717) is 0 Å². The zero-order valence-corrected chi connectivity index (χ0v) is 6.56. The summed E-state index contributed by atoms with van der Waals surface area (Å²) in [5.74, 6) is -3.65. The van der Waals surface area contributed by atoms with Gasteiger partial charge in [-0.2, -0.15) is 0 Å². The van der Waals surface area contributed by atoms with Crippen molar-refractivity contribution >= 4 is 11.9 Å². The summed E-state index contributed by atoms with van der Waals surface area (Å²) >= 11 is 0. The molecule has 0 aromatic heterocycles. The van der Waals surface area contributed by atoms with Crippen LogP contribution in [0.25, 0.3) is 0 Å². The Labute approximate surface area is 69.6 Å². The van der Waals surface area contributed by atoms with Crippen LogP contribution in [0.15, 0.2) is 0 Å². The van der Waals surface area contributed by atoms with E-state index in [-0.39, 0.29) is 0 Å². The average Bonchev–Trinajstić information content (AvgIpc) is 2.60. The monoisotopic (exact) mass is 173 g/mol. The van der Waals surface area contributed by atoms with Gasteiger partial charge in [0.1, 0.15) is 0 Å². The van der Waals surface area contributed by atoms with E-state index in [4.69, 9.17) is 19.8 Å². The van der Waals surface area contributed by atoms with E-state index < -0.39 is 11.9 Å². The van der Waals surface area contributed by atoms with Gasteiger partial charge < -0.3 is 10.2 Å². The lowest BCUT2D eigenvalue weighted by Crippen LogP contribution is -2.09. The Morgan fingerprint density at radius 3 is 1.92 bits per heavy atom. The Balaban J connectivity index is 0.000000120. The minimum Gasteiger partial charge on any atom is -0.473 e. The molecule has 2 heterocycles. The third-order valence-corrected chi connectivity index (χ3v) is 1.99. The number of aliphatic carboxylic acids is 2. The van der Waals surface area contributed by atoms with Gasteiger partial charge in [0, 0.05) is 12.6 Å². The number of carboxylic acids is 2. The van der Waals surface area contributed by atoms with Gasteiger partial charge in [-0.05, 0) is 19.4 Å². The number of nitrogens with zero attached hydrogens (tertiary/aromatic N) is 1. The molecule has 0 saturated carbocycles. The van der Waals surface area contributed by atoms with Crippen molar-refractivity contribution in [3.8, 4) is 0 Å². The molecule has 68 valence electrons. The quantitative estimate of drug-likeness (QED) is 0.385. The minimum absolute atomic E-state index is 1.05. The zero-order chi connectivity index (χ0) is 9.14. The highest BCUT2D eigenvalue weighted by Crippen LogP contribution is 2.28. The maximum Gasteiger partial charge on any atom is 0.414 e. The number of rotatable bonds is 0. The Morgan fingerprint density at radius 2 is 1.83 bits per heavy atom. The summed E-state index contributed by atoms with van der Waals surface area (Å²) in [5.41, 5.74) is 0. The molecule has 0 aliphatic carbocycles. The number of carbonyl (C=O) groups is 2. The molecule has 2 rings (SSSR count).